The normalized spacial score (nSPS) is 15.6. The number of methoxy groups -OCH3 is 1. The number of carbonyl (C=O) groups is 2. The molecular weight excluding hydrogens is 647 g/mol. The Balaban J connectivity index is 3.58. The molecule has 17 heteroatoms. The van der Waals surface area contributed by atoms with Gasteiger partial charge in [-0.1, -0.05) is 47.4 Å². The summed E-state index contributed by atoms with van der Waals surface area (Å²) in [5.41, 5.74) is -5.40. The average Bonchev–Trinajstić information content (AvgIpc) is 2.83. The molecule has 0 bridgehead atoms. The molecule has 0 heterocycles. The maximum Gasteiger partial charge on any atom is 0.417 e. The van der Waals surface area contributed by atoms with Gasteiger partial charge in [-0.2, -0.15) is 39.5 Å². The number of ether oxygens (including phenoxy) is 1. The van der Waals surface area contributed by atoms with E-state index in [1.807, 2.05) is 0 Å². The van der Waals surface area contributed by atoms with Crippen molar-refractivity contribution in [3.8, 4) is 0 Å². The summed E-state index contributed by atoms with van der Waals surface area (Å²) in [6.45, 7) is 4.40. The van der Waals surface area contributed by atoms with Crippen LogP contribution in [0.3, 0.4) is 0 Å². The second-order valence-electron chi connectivity index (χ2n) is 8.05. The smallest absolute Gasteiger partial charge is 0.417 e. The van der Waals surface area contributed by atoms with Gasteiger partial charge in [-0.3, -0.25) is 9.59 Å². The van der Waals surface area contributed by atoms with E-state index in [-0.39, 0.29) is 28.3 Å². The van der Waals surface area contributed by atoms with Crippen LogP contribution in [-0.4, -0.2) is 37.4 Å². The van der Waals surface area contributed by atoms with Crippen molar-refractivity contribution < 1.29 is 58.2 Å². The molecule has 0 saturated heterocycles. The predicted octanol–water partition coefficient (Wildman–Crippen LogP) is 8.81. The minimum absolute atomic E-state index is 0.0703. The lowest BCUT2D eigenvalue weighted by molar-refractivity contribution is -0.166. The van der Waals surface area contributed by atoms with Gasteiger partial charge in [0.15, 0.2) is 0 Å². The zero-order valence-electron chi connectivity index (χ0n) is 20.6. The molecule has 0 aliphatic heterocycles. The van der Waals surface area contributed by atoms with Gasteiger partial charge >= 0.3 is 24.5 Å². The van der Waals surface area contributed by atoms with Crippen molar-refractivity contribution >= 4 is 52.5 Å². The van der Waals surface area contributed by atoms with Crippen LogP contribution in [0.25, 0.3) is 5.83 Å². The molecular formula is C24H18Cl3F10NO3. The molecule has 1 aromatic rings. The first-order chi connectivity index (χ1) is 18.5. The van der Waals surface area contributed by atoms with Crippen LogP contribution in [0.5, 0.6) is 0 Å². The van der Waals surface area contributed by atoms with E-state index in [0.717, 1.165) is 7.11 Å². The van der Waals surface area contributed by atoms with E-state index in [0.29, 0.717) is 12.1 Å². The molecule has 0 aliphatic rings. The highest BCUT2D eigenvalue weighted by Gasteiger charge is 2.44. The van der Waals surface area contributed by atoms with Gasteiger partial charge in [0.1, 0.15) is 17.8 Å². The molecule has 228 valence electrons. The van der Waals surface area contributed by atoms with E-state index in [1.54, 1.807) is 0 Å². The molecule has 41 heavy (non-hydrogen) atoms. The Kier molecular flexibility index (Phi) is 12.4. The topological polar surface area (TPSA) is 55.4 Å². The number of amides is 1. The first kappa shape index (κ1) is 36.3. The summed E-state index contributed by atoms with van der Waals surface area (Å²) >= 11 is 17.1. The molecule has 0 fully saturated rings. The van der Waals surface area contributed by atoms with E-state index in [2.05, 4.69) is 11.3 Å². The number of benzene rings is 1. The first-order valence-corrected chi connectivity index (χ1v) is 11.8. The van der Waals surface area contributed by atoms with Crippen LogP contribution in [0, 0.1) is 5.92 Å². The van der Waals surface area contributed by atoms with Crippen molar-refractivity contribution in [3.05, 3.63) is 74.3 Å². The predicted molar refractivity (Wildman–Crippen MR) is 131 cm³/mol. The minimum atomic E-state index is -5.48. The molecule has 2 atom stereocenters. The van der Waals surface area contributed by atoms with Crippen LogP contribution in [0.2, 0.25) is 0 Å². The number of halogens is 13. The number of nitrogens with one attached hydrogen (secondary N) is 1. The van der Waals surface area contributed by atoms with Crippen molar-refractivity contribution in [2.45, 2.75) is 37.9 Å². The van der Waals surface area contributed by atoms with Gasteiger partial charge in [0.05, 0.1) is 34.7 Å². The molecule has 0 radical (unpaired) electrons. The molecule has 4 nitrogen and oxygen atoms in total. The Morgan fingerprint density at radius 2 is 1.59 bits per heavy atom. The van der Waals surface area contributed by atoms with Crippen molar-refractivity contribution in [1.82, 2.24) is 5.32 Å². The fourth-order valence-corrected chi connectivity index (χ4v) is 3.48. The van der Waals surface area contributed by atoms with Gasteiger partial charge in [-0.05, 0) is 36.8 Å². The number of esters is 1. The van der Waals surface area contributed by atoms with Crippen molar-refractivity contribution in [2.75, 3.05) is 7.11 Å². The molecule has 1 rings (SSSR count). The summed E-state index contributed by atoms with van der Waals surface area (Å²) in [5.74, 6) is -8.09. The van der Waals surface area contributed by atoms with Crippen molar-refractivity contribution in [2.24, 2.45) is 5.92 Å². The van der Waals surface area contributed by atoms with Crippen LogP contribution in [0.1, 0.15) is 34.8 Å². The SMILES string of the molecule is C=C(/C=C(Cl)\C(Cl)=C(/C)Cl)C(/C=C(\F)c1ccc(C(=O)NC(CC(=O)OC)C(F)(F)F)c(C(F)(F)F)c1)C(F)(F)F. The monoisotopic (exact) mass is 663 g/mol. The summed E-state index contributed by atoms with van der Waals surface area (Å²) in [4.78, 5) is 23.6. The summed E-state index contributed by atoms with van der Waals surface area (Å²) in [7, 11) is 0.733. The third-order valence-corrected chi connectivity index (χ3v) is 6.20. The fraction of sp³-hybridized carbons (Fsp3) is 0.333. The van der Waals surface area contributed by atoms with Gasteiger partial charge in [0.2, 0.25) is 0 Å². The van der Waals surface area contributed by atoms with Crippen molar-refractivity contribution in [3.63, 3.8) is 0 Å². The zero-order chi connectivity index (χ0) is 32.1. The Labute approximate surface area is 241 Å². The van der Waals surface area contributed by atoms with Gasteiger partial charge in [-0.25, -0.2) is 4.39 Å². The summed E-state index contributed by atoms with van der Waals surface area (Å²) in [6, 6.07) is -2.33. The van der Waals surface area contributed by atoms with Gasteiger partial charge < -0.3 is 10.1 Å². The maximum absolute atomic E-state index is 14.9. The van der Waals surface area contributed by atoms with E-state index < -0.39 is 81.9 Å². The van der Waals surface area contributed by atoms with E-state index in [9.17, 15) is 53.5 Å². The number of rotatable bonds is 9. The van der Waals surface area contributed by atoms with Crippen LogP contribution in [-0.2, 0) is 15.7 Å². The fourth-order valence-electron chi connectivity index (χ4n) is 2.99. The lowest BCUT2D eigenvalue weighted by Gasteiger charge is -2.22. The van der Waals surface area contributed by atoms with Crippen LogP contribution in [0.15, 0.2) is 57.6 Å². The summed E-state index contributed by atoms with van der Waals surface area (Å²) < 4.78 is 141. The quantitative estimate of drug-likeness (QED) is 0.163. The maximum atomic E-state index is 14.9. The summed E-state index contributed by atoms with van der Waals surface area (Å²) in [5, 5.41) is 0.249. The highest BCUT2D eigenvalue weighted by Crippen LogP contribution is 2.39. The minimum Gasteiger partial charge on any atom is -0.469 e. The average molecular weight is 665 g/mol. The van der Waals surface area contributed by atoms with E-state index in [1.165, 1.54) is 12.2 Å². The molecule has 1 aromatic carbocycles. The van der Waals surface area contributed by atoms with Crippen LogP contribution < -0.4 is 5.32 Å². The summed E-state index contributed by atoms with van der Waals surface area (Å²) in [6.07, 6.45) is -17.0. The van der Waals surface area contributed by atoms with Gasteiger partial charge in [-0.15, -0.1) is 0 Å². The Morgan fingerprint density at radius 3 is 2.02 bits per heavy atom. The number of allylic oxidation sites excluding steroid dienone is 6. The largest absolute Gasteiger partial charge is 0.469 e. The molecule has 1 amide bonds. The molecule has 0 aromatic heterocycles. The highest BCUT2D eigenvalue weighted by atomic mass is 35.5. The second-order valence-corrected chi connectivity index (χ2v) is 9.41. The molecule has 0 aliphatic carbocycles. The number of carbonyl (C=O) groups excluding carboxylic acids is 2. The van der Waals surface area contributed by atoms with Crippen LogP contribution >= 0.6 is 34.8 Å². The molecule has 2 unspecified atom stereocenters. The van der Waals surface area contributed by atoms with Crippen molar-refractivity contribution in [1.29, 1.82) is 0 Å². The molecule has 0 saturated carbocycles. The van der Waals surface area contributed by atoms with E-state index >= 15 is 0 Å². The van der Waals surface area contributed by atoms with Gasteiger partial charge in [0, 0.05) is 10.6 Å². The number of hydrogen-bond donors (Lipinski definition) is 1. The van der Waals surface area contributed by atoms with Gasteiger partial charge in [0.25, 0.3) is 5.91 Å². The Morgan fingerprint density at radius 1 is 1.02 bits per heavy atom. The Bertz CT molecular complexity index is 1260. The highest BCUT2D eigenvalue weighted by molar-refractivity contribution is 6.47. The van der Waals surface area contributed by atoms with Crippen LogP contribution in [0.4, 0.5) is 43.9 Å². The molecule has 0 spiro atoms. The lowest BCUT2D eigenvalue weighted by Crippen LogP contribution is -2.47. The molecule has 1 N–H and O–H groups in total. The van der Waals surface area contributed by atoms with E-state index in [4.69, 9.17) is 34.8 Å². The number of alkyl halides is 9. The third-order valence-electron chi connectivity index (χ3n) is 5.03. The standard InChI is InChI=1S/C24H18Cl3F10NO3/c1-10(6-16(26)20(27)11(2)25)14(22(29,30)31)8-17(28)12-4-5-13(15(7-12)23(32,33)34)21(40)38-18(24(35,36)37)9-19(39)41-3/h4-8,14,18H,1,9H2,2-3H3,(H,38,40)/b16-6+,17-8-,20-11-. The number of hydrogen-bond acceptors (Lipinski definition) is 3. The third kappa shape index (κ3) is 10.6. The first-order valence-electron chi connectivity index (χ1n) is 10.7. The second kappa shape index (κ2) is 14.0. The Hall–Kier alpha value is -2.71. The zero-order valence-corrected chi connectivity index (χ0v) is 22.9. The lowest BCUT2D eigenvalue weighted by atomic mass is 9.95.